The summed E-state index contributed by atoms with van der Waals surface area (Å²) in [6, 6.07) is 23.3. The molecule has 1 atom stereocenters. The molecule has 0 saturated carbocycles. The summed E-state index contributed by atoms with van der Waals surface area (Å²) in [5.41, 5.74) is 4.44. The zero-order valence-corrected chi connectivity index (χ0v) is 16.0. The number of anilines is 1. The normalized spacial score (nSPS) is 16.1. The Bertz CT molecular complexity index is 1240. The number of aryl methyl sites for hydroxylation is 1. The van der Waals surface area contributed by atoms with Crippen LogP contribution in [-0.4, -0.2) is 27.0 Å². The lowest BCUT2D eigenvalue weighted by molar-refractivity contribution is 0.0958. The van der Waals surface area contributed by atoms with Crippen LogP contribution in [0.5, 0.6) is 0 Å². The average Bonchev–Trinajstić information content (AvgIpc) is 3.05. The van der Waals surface area contributed by atoms with E-state index in [-0.39, 0.29) is 5.78 Å². The number of benzene rings is 2. The summed E-state index contributed by atoms with van der Waals surface area (Å²) in [5.74, 6) is 1.21. The van der Waals surface area contributed by atoms with Gasteiger partial charge in [-0.15, -0.1) is 0 Å². The molecule has 0 fully saturated rings. The monoisotopic (exact) mass is 380 g/mol. The number of rotatable bonds is 3. The number of Topliss-reactive ketones (excluding diaryl/α,β-unsaturated/α-hetero) is 1. The fourth-order valence-electron chi connectivity index (χ4n) is 3.79. The Kier molecular flexibility index (Phi) is 4.21. The van der Waals surface area contributed by atoms with Crippen LogP contribution in [0.15, 0.2) is 84.0 Å². The molecular formula is C24H20N4O. The number of aromatic nitrogens is 2. The molecule has 2 aromatic heterocycles. The predicted molar refractivity (Wildman–Crippen MR) is 115 cm³/mol. The Morgan fingerprint density at radius 2 is 1.72 bits per heavy atom. The van der Waals surface area contributed by atoms with E-state index in [0.29, 0.717) is 23.8 Å². The predicted octanol–water partition coefficient (Wildman–Crippen LogP) is 4.31. The molecule has 5 heteroatoms. The number of ketones is 1. The van der Waals surface area contributed by atoms with Crippen molar-refractivity contribution in [3.05, 3.63) is 101 Å². The smallest absolute Gasteiger partial charge is 0.208 e. The lowest BCUT2D eigenvalue weighted by Crippen LogP contribution is -2.23. The highest BCUT2D eigenvalue weighted by Crippen LogP contribution is 2.26. The second-order valence-electron chi connectivity index (χ2n) is 7.23. The van der Waals surface area contributed by atoms with Gasteiger partial charge in [0.1, 0.15) is 23.2 Å². The van der Waals surface area contributed by atoms with Crippen LogP contribution in [0, 0.1) is 6.92 Å². The number of nitrogens with one attached hydrogen (secondary N) is 1. The molecule has 3 heterocycles. The first-order valence-corrected chi connectivity index (χ1v) is 9.67. The van der Waals surface area contributed by atoms with Crippen molar-refractivity contribution in [1.29, 1.82) is 0 Å². The maximum atomic E-state index is 13.6. The van der Waals surface area contributed by atoms with Crippen molar-refractivity contribution in [3.8, 4) is 0 Å². The van der Waals surface area contributed by atoms with Gasteiger partial charge in [-0.05, 0) is 30.2 Å². The van der Waals surface area contributed by atoms with Crippen LogP contribution in [-0.2, 0) is 6.42 Å². The number of pyridine rings is 1. The van der Waals surface area contributed by atoms with Gasteiger partial charge in [-0.2, -0.15) is 0 Å². The van der Waals surface area contributed by atoms with Crippen LogP contribution in [0.1, 0.15) is 27.2 Å². The van der Waals surface area contributed by atoms with Gasteiger partial charge in [0.2, 0.25) is 5.78 Å². The van der Waals surface area contributed by atoms with Crippen molar-refractivity contribution in [2.75, 3.05) is 5.32 Å². The van der Waals surface area contributed by atoms with E-state index in [4.69, 9.17) is 4.99 Å². The second-order valence-corrected chi connectivity index (χ2v) is 7.23. The van der Waals surface area contributed by atoms with E-state index in [1.165, 1.54) is 0 Å². The number of aliphatic imine (C=N–C) groups is 1. The number of carbonyl (C=O) groups excluding carboxylic acids is 1. The molecule has 1 N–H and O–H groups in total. The molecule has 0 radical (unpaired) electrons. The molecule has 0 aliphatic carbocycles. The maximum Gasteiger partial charge on any atom is 0.208 e. The largest absolute Gasteiger partial charge is 0.323 e. The quantitative estimate of drug-likeness (QED) is 0.576. The molecule has 4 aromatic rings. The van der Waals surface area contributed by atoms with Crippen molar-refractivity contribution in [3.63, 3.8) is 0 Å². The highest BCUT2D eigenvalue weighted by molar-refractivity contribution is 6.16. The van der Waals surface area contributed by atoms with Crippen molar-refractivity contribution < 1.29 is 4.79 Å². The van der Waals surface area contributed by atoms with E-state index < -0.39 is 6.04 Å². The van der Waals surface area contributed by atoms with Gasteiger partial charge in [0.05, 0.1) is 0 Å². The molecule has 2 aromatic carbocycles. The second kappa shape index (κ2) is 7.02. The summed E-state index contributed by atoms with van der Waals surface area (Å²) in [6.07, 6.45) is 2.41. The van der Waals surface area contributed by atoms with Gasteiger partial charge in [-0.3, -0.25) is 14.2 Å². The number of nitrogens with zero attached hydrogens (tertiary/aromatic N) is 3. The minimum Gasteiger partial charge on any atom is -0.323 e. The molecule has 5 nitrogen and oxygen atoms in total. The van der Waals surface area contributed by atoms with E-state index in [2.05, 4.69) is 10.3 Å². The number of hydrogen-bond donors (Lipinski definition) is 1. The summed E-state index contributed by atoms with van der Waals surface area (Å²) >= 11 is 0. The summed E-state index contributed by atoms with van der Waals surface area (Å²) < 4.78 is 1.85. The van der Waals surface area contributed by atoms with Crippen LogP contribution in [0.3, 0.4) is 0 Å². The third-order valence-corrected chi connectivity index (χ3v) is 5.26. The summed E-state index contributed by atoms with van der Waals surface area (Å²) in [4.78, 5) is 23.1. The van der Waals surface area contributed by atoms with Crippen LogP contribution in [0.2, 0.25) is 0 Å². The van der Waals surface area contributed by atoms with Crippen molar-refractivity contribution in [2.45, 2.75) is 19.4 Å². The Hall–Kier alpha value is -3.73. The van der Waals surface area contributed by atoms with Crippen molar-refractivity contribution in [2.24, 2.45) is 4.99 Å². The van der Waals surface area contributed by atoms with Gasteiger partial charge in [0.15, 0.2) is 5.82 Å². The molecule has 1 aliphatic rings. The third-order valence-electron chi connectivity index (χ3n) is 5.26. The van der Waals surface area contributed by atoms with Crippen LogP contribution in [0.25, 0.3) is 5.65 Å². The Balaban J connectivity index is 1.68. The molecule has 29 heavy (non-hydrogen) atoms. The molecule has 0 saturated heterocycles. The number of carbonyl (C=O) groups is 1. The van der Waals surface area contributed by atoms with Gasteiger partial charge in [-0.25, -0.2) is 4.98 Å². The Morgan fingerprint density at radius 3 is 2.55 bits per heavy atom. The minimum absolute atomic E-state index is 0.0290. The third kappa shape index (κ3) is 3.10. The van der Waals surface area contributed by atoms with Crippen molar-refractivity contribution >= 4 is 23.1 Å². The highest BCUT2D eigenvalue weighted by atomic mass is 16.1. The summed E-state index contributed by atoms with van der Waals surface area (Å²) in [6.45, 7) is 2.04. The van der Waals surface area contributed by atoms with E-state index >= 15 is 0 Å². The summed E-state index contributed by atoms with van der Waals surface area (Å²) in [5, 5.41) is 3.35. The topological polar surface area (TPSA) is 58.8 Å². The number of amidine groups is 1. The maximum absolute atomic E-state index is 13.6. The molecule has 1 aliphatic heterocycles. The molecule has 142 valence electrons. The number of hydrogen-bond acceptors (Lipinski definition) is 4. The fourth-order valence-corrected chi connectivity index (χ4v) is 3.79. The number of imidazole rings is 1. The van der Waals surface area contributed by atoms with Crippen LogP contribution in [0.4, 0.5) is 5.82 Å². The van der Waals surface area contributed by atoms with Crippen molar-refractivity contribution in [1.82, 2.24) is 9.38 Å². The average molecular weight is 380 g/mol. The first kappa shape index (κ1) is 17.4. The van der Waals surface area contributed by atoms with Crippen LogP contribution >= 0.6 is 0 Å². The lowest BCUT2D eigenvalue weighted by Gasteiger charge is -2.13. The van der Waals surface area contributed by atoms with Gasteiger partial charge < -0.3 is 5.32 Å². The van der Waals surface area contributed by atoms with E-state index in [0.717, 1.165) is 22.3 Å². The lowest BCUT2D eigenvalue weighted by atomic mass is 10.0. The van der Waals surface area contributed by atoms with E-state index in [1.54, 1.807) is 0 Å². The van der Waals surface area contributed by atoms with E-state index in [1.807, 2.05) is 90.3 Å². The first-order valence-electron chi connectivity index (χ1n) is 9.67. The van der Waals surface area contributed by atoms with Gasteiger partial charge in [0, 0.05) is 18.2 Å². The van der Waals surface area contributed by atoms with Crippen LogP contribution < -0.4 is 5.32 Å². The molecule has 5 rings (SSSR count). The highest BCUT2D eigenvalue weighted by Gasteiger charge is 2.31. The summed E-state index contributed by atoms with van der Waals surface area (Å²) in [7, 11) is 0. The van der Waals surface area contributed by atoms with Gasteiger partial charge in [0.25, 0.3) is 0 Å². The fraction of sp³-hybridized carbons (Fsp3) is 0.125. The number of fused-ring (bicyclic) bond motifs is 3. The Labute approximate surface area is 168 Å². The van der Waals surface area contributed by atoms with E-state index in [9.17, 15) is 4.79 Å². The standard InChI is InChI=1S/C24H20N4O/c1-16-9-5-6-12-18(16)23-25-19(15-17-10-3-2-4-11-17)22(29)21-24(27-23)26-20-13-7-8-14-28(20)21/h2-14,19H,15H2,1H3,(H,25,27)/t19-/m1/s1. The molecule has 0 amide bonds. The molecular weight excluding hydrogens is 360 g/mol. The van der Waals surface area contributed by atoms with Gasteiger partial charge >= 0.3 is 0 Å². The molecule has 0 bridgehead atoms. The zero-order chi connectivity index (χ0) is 19.8. The zero-order valence-electron chi connectivity index (χ0n) is 16.0. The first-order chi connectivity index (χ1) is 14.2. The molecule has 0 unspecified atom stereocenters. The molecule has 0 spiro atoms. The van der Waals surface area contributed by atoms with Gasteiger partial charge in [-0.1, -0.05) is 60.7 Å². The SMILES string of the molecule is Cc1ccccc1C1=N[C@H](Cc2ccccc2)C(=O)c2c(nc3ccccn23)N1. The Morgan fingerprint density at radius 1 is 0.966 bits per heavy atom. The minimum atomic E-state index is -0.527.